The molecule has 0 radical (unpaired) electrons. The van der Waals surface area contributed by atoms with Gasteiger partial charge in [0.05, 0.1) is 11.3 Å². The van der Waals surface area contributed by atoms with Gasteiger partial charge in [0.2, 0.25) is 0 Å². The molecule has 3 aromatic rings. The Morgan fingerprint density at radius 2 is 2.16 bits per heavy atom. The smallest absolute Gasteiger partial charge is 0.261 e. The molecule has 0 N–H and O–H groups in total. The van der Waals surface area contributed by atoms with Crippen molar-refractivity contribution in [2.45, 2.75) is 24.1 Å². The summed E-state index contributed by atoms with van der Waals surface area (Å²) in [6, 6.07) is 13.6. The predicted molar refractivity (Wildman–Crippen MR) is 96.9 cm³/mol. The van der Waals surface area contributed by atoms with Crippen LogP contribution in [0.2, 0.25) is 0 Å². The molecule has 0 aliphatic carbocycles. The van der Waals surface area contributed by atoms with Crippen molar-refractivity contribution in [2.75, 3.05) is 11.4 Å². The van der Waals surface area contributed by atoms with E-state index in [2.05, 4.69) is 16.2 Å². The first kappa shape index (κ1) is 15.9. The SMILES string of the molecule is Cc1cc(CSc2ncccc2C(=O)N2CCc3ccccc32)no1. The highest BCUT2D eigenvalue weighted by Crippen LogP contribution is 2.31. The van der Waals surface area contributed by atoms with Gasteiger partial charge in [0, 0.05) is 30.2 Å². The molecular weight excluding hydrogens is 334 g/mol. The van der Waals surface area contributed by atoms with Crippen LogP contribution in [0.3, 0.4) is 0 Å². The van der Waals surface area contributed by atoms with Crippen LogP contribution >= 0.6 is 11.8 Å². The van der Waals surface area contributed by atoms with Gasteiger partial charge in [-0.15, -0.1) is 0 Å². The van der Waals surface area contributed by atoms with Gasteiger partial charge in [0.25, 0.3) is 5.91 Å². The highest BCUT2D eigenvalue weighted by atomic mass is 32.2. The molecule has 3 heterocycles. The standard InChI is InChI=1S/C19H17N3O2S/c1-13-11-15(21-24-13)12-25-18-16(6-4-9-20-18)19(23)22-10-8-14-5-2-3-7-17(14)22/h2-7,9,11H,8,10,12H2,1H3. The number of aromatic nitrogens is 2. The molecule has 1 amide bonds. The van der Waals surface area contributed by atoms with Crippen LogP contribution in [0, 0.1) is 6.92 Å². The minimum atomic E-state index is -0.00289. The first-order valence-electron chi connectivity index (χ1n) is 8.12. The van der Waals surface area contributed by atoms with Crippen molar-refractivity contribution in [3.05, 3.63) is 71.2 Å². The fourth-order valence-corrected chi connectivity index (χ4v) is 3.86. The lowest BCUT2D eigenvalue weighted by Gasteiger charge is -2.18. The predicted octanol–water partition coefficient (Wildman–Crippen LogP) is 3.87. The molecular formula is C19H17N3O2S. The lowest BCUT2D eigenvalue weighted by molar-refractivity contribution is 0.0986. The van der Waals surface area contributed by atoms with Gasteiger partial charge >= 0.3 is 0 Å². The number of amides is 1. The molecule has 0 spiro atoms. The number of nitrogens with zero attached hydrogens (tertiary/aromatic N) is 3. The Balaban J connectivity index is 1.57. The number of carbonyl (C=O) groups excluding carboxylic acids is 1. The largest absolute Gasteiger partial charge is 0.361 e. The van der Waals surface area contributed by atoms with E-state index in [0.717, 1.165) is 28.6 Å². The molecule has 126 valence electrons. The van der Waals surface area contributed by atoms with E-state index in [0.29, 0.717) is 17.9 Å². The number of para-hydroxylation sites is 1. The Kier molecular flexibility index (Phi) is 4.28. The van der Waals surface area contributed by atoms with E-state index >= 15 is 0 Å². The molecule has 1 aromatic carbocycles. The Morgan fingerprint density at radius 1 is 1.28 bits per heavy atom. The maximum atomic E-state index is 13.1. The summed E-state index contributed by atoms with van der Waals surface area (Å²) >= 11 is 1.50. The van der Waals surface area contributed by atoms with Crippen molar-refractivity contribution in [1.29, 1.82) is 0 Å². The van der Waals surface area contributed by atoms with Crippen molar-refractivity contribution in [3.8, 4) is 0 Å². The monoisotopic (exact) mass is 351 g/mol. The average molecular weight is 351 g/mol. The Morgan fingerprint density at radius 3 is 3.00 bits per heavy atom. The number of pyridine rings is 1. The van der Waals surface area contributed by atoms with Crippen molar-refractivity contribution < 1.29 is 9.32 Å². The summed E-state index contributed by atoms with van der Waals surface area (Å²) in [5, 5.41) is 4.71. The highest BCUT2D eigenvalue weighted by Gasteiger charge is 2.27. The molecule has 0 fully saturated rings. The number of hydrogen-bond donors (Lipinski definition) is 0. The second kappa shape index (κ2) is 6.72. The third kappa shape index (κ3) is 3.17. The van der Waals surface area contributed by atoms with Crippen molar-refractivity contribution in [3.63, 3.8) is 0 Å². The summed E-state index contributed by atoms with van der Waals surface area (Å²) < 4.78 is 5.09. The van der Waals surface area contributed by atoms with Crippen molar-refractivity contribution in [2.24, 2.45) is 0 Å². The highest BCUT2D eigenvalue weighted by molar-refractivity contribution is 7.98. The van der Waals surface area contributed by atoms with Crippen LogP contribution in [-0.2, 0) is 12.2 Å². The van der Waals surface area contributed by atoms with Crippen LogP contribution in [0.4, 0.5) is 5.69 Å². The lowest BCUT2D eigenvalue weighted by Crippen LogP contribution is -2.29. The quantitative estimate of drug-likeness (QED) is 0.668. The summed E-state index contributed by atoms with van der Waals surface area (Å²) in [5.74, 6) is 1.39. The van der Waals surface area contributed by atoms with Crippen LogP contribution in [0.5, 0.6) is 0 Å². The van der Waals surface area contributed by atoms with E-state index in [-0.39, 0.29) is 5.91 Å². The molecule has 5 nitrogen and oxygen atoms in total. The zero-order chi connectivity index (χ0) is 17.2. The Bertz CT molecular complexity index is 922. The maximum absolute atomic E-state index is 13.1. The molecule has 0 saturated carbocycles. The van der Waals surface area contributed by atoms with Crippen LogP contribution in [-0.4, -0.2) is 22.6 Å². The summed E-state index contributed by atoms with van der Waals surface area (Å²) in [6.07, 6.45) is 2.61. The summed E-state index contributed by atoms with van der Waals surface area (Å²) in [4.78, 5) is 19.3. The van der Waals surface area contributed by atoms with Gasteiger partial charge in [-0.1, -0.05) is 35.1 Å². The normalized spacial score (nSPS) is 13.1. The molecule has 4 rings (SSSR count). The number of thioether (sulfide) groups is 1. The molecule has 0 unspecified atom stereocenters. The Labute approximate surface area is 150 Å². The second-order valence-electron chi connectivity index (χ2n) is 5.91. The van der Waals surface area contributed by atoms with Gasteiger partial charge in [-0.25, -0.2) is 4.98 Å². The van der Waals surface area contributed by atoms with Gasteiger partial charge in [-0.3, -0.25) is 4.79 Å². The van der Waals surface area contributed by atoms with Gasteiger partial charge in [0.15, 0.2) is 0 Å². The molecule has 0 bridgehead atoms. The Hall–Kier alpha value is -2.60. The molecule has 0 atom stereocenters. The number of fused-ring (bicyclic) bond motifs is 1. The molecule has 1 aliphatic heterocycles. The topological polar surface area (TPSA) is 59.2 Å². The van der Waals surface area contributed by atoms with Crippen LogP contribution in [0.1, 0.15) is 27.4 Å². The molecule has 6 heteroatoms. The van der Waals surface area contributed by atoms with Crippen molar-refractivity contribution in [1.82, 2.24) is 10.1 Å². The molecule has 1 aliphatic rings. The van der Waals surface area contributed by atoms with E-state index in [4.69, 9.17) is 4.52 Å². The maximum Gasteiger partial charge on any atom is 0.261 e. The lowest BCUT2D eigenvalue weighted by atomic mass is 10.2. The van der Waals surface area contributed by atoms with Crippen LogP contribution < -0.4 is 4.90 Å². The zero-order valence-corrected chi connectivity index (χ0v) is 14.6. The van der Waals surface area contributed by atoms with Crippen LogP contribution in [0.15, 0.2) is 58.2 Å². The van der Waals surface area contributed by atoms with E-state index in [1.165, 1.54) is 17.3 Å². The fraction of sp³-hybridized carbons (Fsp3) is 0.211. The average Bonchev–Trinajstić information content (AvgIpc) is 3.26. The van der Waals surface area contributed by atoms with Gasteiger partial charge < -0.3 is 9.42 Å². The van der Waals surface area contributed by atoms with Gasteiger partial charge in [0.1, 0.15) is 10.8 Å². The summed E-state index contributed by atoms with van der Waals surface area (Å²) in [5.41, 5.74) is 3.69. The fourth-order valence-electron chi connectivity index (χ4n) is 2.99. The van der Waals surface area contributed by atoms with Crippen LogP contribution in [0.25, 0.3) is 0 Å². The van der Waals surface area contributed by atoms with E-state index in [9.17, 15) is 4.79 Å². The first-order chi connectivity index (χ1) is 12.2. The van der Waals surface area contributed by atoms with Gasteiger partial charge in [-0.2, -0.15) is 0 Å². The number of aryl methyl sites for hydroxylation is 1. The van der Waals surface area contributed by atoms with E-state index in [1.807, 2.05) is 42.2 Å². The van der Waals surface area contributed by atoms with Gasteiger partial charge in [-0.05, 0) is 37.1 Å². The second-order valence-corrected chi connectivity index (χ2v) is 6.87. The van der Waals surface area contributed by atoms with E-state index < -0.39 is 0 Å². The first-order valence-corrected chi connectivity index (χ1v) is 9.11. The molecule has 25 heavy (non-hydrogen) atoms. The number of rotatable bonds is 4. The number of anilines is 1. The third-order valence-corrected chi connectivity index (χ3v) is 5.21. The van der Waals surface area contributed by atoms with E-state index in [1.54, 1.807) is 12.3 Å². The minimum Gasteiger partial charge on any atom is -0.361 e. The minimum absolute atomic E-state index is 0.00289. The number of benzene rings is 1. The zero-order valence-electron chi connectivity index (χ0n) is 13.8. The molecule has 0 saturated heterocycles. The summed E-state index contributed by atoms with van der Waals surface area (Å²) in [7, 11) is 0. The number of carbonyl (C=O) groups is 1. The van der Waals surface area contributed by atoms with Crippen molar-refractivity contribution >= 4 is 23.4 Å². The number of hydrogen-bond acceptors (Lipinski definition) is 5. The molecule has 2 aromatic heterocycles. The summed E-state index contributed by atoms with van der Waals surface area (Å²) in [6.45, 7) is 2.57. The third-order valence-electron chi connectivity index (χ3n) is 4.17.